The molecule has 2 N–H and O–H groups in total. The number of anilines is 2. The summed E-state index contributed by atoms with van der Waals surface area (Å²) < 4.78 is 37.7. The van der Waals surface area contributed by atoms with E-state index in [1.165, 1.54) is 37.4 Å². The molecule has 1 aromatic carbocycles. The molecule has 2 aromatic rings. The number of rotatable bonds is 4. The molecule has 1 aliphatic rings. The van der Waals surface area contributed by atoms with Crippen molar-refractivity contribution in [3.05, 3.63) is 47.9 Å². The number of halogens is 3. The zero-order valence-corrected chi connectivity index (χ0v) is 14.7. The highest BCUT2D eigenvalue weighted by atomic mass is 19.4. The maximum Gasteiger partial charge on any atom is 0.416 e. The number of hydrogen-bond donors (Lipinski definition) is 2. The van der Waals surface area contributed by atoms with E-state index in [1.54, 1.807) is 0 Å². The Bertz CT molecular complexity index is 752. The van der Waals surface area contributed by atoms with Crippen molar-refractivity contribution in [2.75, 3.05) is 5.32 Å². The van der Waals surface area contributed by atoms with Crippen molar-refractivity contribution in [3.8, 4) is 0 Å². The first-order valence-corrected chi connectivity index (χ1v) is 8.99. The normalized spacial score (nSPS) is 15.8. The molecule has 144 valence electrons. The van der Waals surface area contributed by atoms with Crippen LogP contribution < -0.4 is 10.6 Å². The Morgan fingerprint density at radius 1 is 0.963 bits per heavy atom. The molecule has 0 radical (unpaired) electrons. The first kappa shape index (κ1) is 19.1. The van der Waals surface area contributed by atoms with Crippen LogP contribution in [-0.4, -0.2) is 21.9 Å². The van der Waals surface area contributed by atoms with E-state index in [1.807, 2.05) is 0 Å². The highest BCUT2D eigenvalue weighted by Crippen LogP contribution is 2.30. The van der Waals surface area contributed by atoms with Gasteiger partial charge in [-0.1, -0.05) is 25.7 Å². The fourth-order valence-corrected chi connectivity index (χ4v) is 3.08. The molecular weight excluding hydrogens is 357 g/mol. The van der Waals surface area contributed by atoms with E-state index < -0.39 is 11.7 Å². The van der Waals surface area contributed by atoms with Crippen LogP contribution in [0.25, 0.3) is 0 Å². The van der Waals surface area contributed by atoms with Gasteiger partial charge in [-0.15, -0.1) is 0 Å². The average Bonchev–Trinajstić information content (AvgIpc) is 2.91. The van der Waals surface area contributed by atoms with Gasteiger partial charge < -0.3 is 10.6 Å². The van der Waals surface area contributed by atoms with Gasteiger partial charge in [-0.2, -0.15) is 13.2 Å². The highest BCUT2D eigenvalue weighted by molar-refractivity contribution is 5.92. The minimum absolute atomic E-state index is 0.173. The molecule has 1 heterocycles. The molecule has 0 bridgehead atoms. The van der Waals surface area contributed by atoms with E-state index in [0.717, 1.165) is 37.8 Å². The fourth-order valence-electron chi connectivity index (χ4n) is 3.08. The Kier molecular flexibility index (Phi) is 5.93. The number of amides is 1. The number of hydrogen-bond acceptors (Lipinski definition) is 4. The largest absolute Gasteiger partial charge is 0.416 e. The quantitative estimate of drug-likeness (QED) is 0.758. The summed E-state index contributed by atoms with van der Waals surface area (Å²) in [4.78, 5) is 20.5. The number of aromatic nitrogens is 2. The van der Waals surface area contributed by atoms with Crippen LogP contribution in [0.5, 0.6) is 0 Å². The molecule has 0 spiro atoms. The van der Waals surface area contributed by atoms with Crippen LogP contribution in [0.1, 0.15) is 54.6 Å². The third kappa shape index (κ3) is 5.42. The van der Waals surface area contributed by atoms with E-state index in [2.05, 4.69) is 20.6 Å². The van der Waals surface area contributed by atoms with Crippen molar-refractivity contribution in [3.63, 3.8) is 0 Å². The second-order valence-corrected chi connectivity index (χ2v) is 6.65. The van der Waals surface area contributed by atoms with Crippen molar-refractivity contribution in [1.29, 1.82) is 0 Å². The van der Waals surface area contributed by atoms with Gasteiger partial charge in [0.2, 0.25) is 0 Å². The van der Waals surface area contributed by atoms with E-state index in [-0.39, 0.29) is 17.6 Å². The summed E-state index contributed by atoms with van der Waals surface area (Å²) in [5, 5.41) is 5.86. The molecule has 1 amide bonds. The van der Waals surface area contributed by atoms with Crippen LogP contribution in [0, 0.1) is 0 Å². The van der Waals surface area contributed by atoms with E-state index >= 15 is 0 Å². The molecule has 1 aromatic heterocycles. The first-order chi connectivity index (χ1) is 12.9. The highest BCUT2D eigenvalue weighted by Gasteiger charge is 2.29. The lowest BCUT2D eigenvalue weighted by atomic mass is 10.1. The zero-order chi connectivity index (χ0) is 19.3. The molecule has 5 nitrogen and oxygen atoms in total. The topological polar surface area (TPSA) is 66.9 Å². The number of nitrogens with one attached hydrogen (secondary N) is 2. The van der Waals surface area contributed by atoms with E-state index in [9.17, 15) is 18.0 Å². The molecular formula is C19H21F3N4O. The van der Waals surface area contributed by atoms with E-state index in [4.69, 9.17) is 0 Å². The summed E-state index contributed by atoms with van der Waals surface area (Å²) in [5.74, 6) is 0.0938. The first-order valence-electron chi connectivity index (χ1n) is 8.99. The van der Waals surface area contributed by atoms with Crippen molar-refractivity contribution < 1.29 is 18.0 Å². The van der Waals surface area contributed by atoms with Gasteiger partial charge in [0.1, 0.15) is 11.5 Å². The summed E-state index contributed by atoms with van der Waals surface area (Å²) in [6.07, 6.45) is 4.98. The smallest absolute Gasteiger partial charge is 0.348 e. The molecule has 8 heteroatoms. The van der Waals surface area contributed by atoms with Crippen LogP contribution in [0.4, 0.5) is 24.7 Å². The van der Waals surface area contributed by atoms with Crippen LogP contribution in [0.3, 0.4) is 0 Å². The minimum Gasteiger partial charge on any atom is -0.348 e. The lowest BCUT2D eigenvalue weighted by Gasteiger charge is -2.15. The Hall–Kier alpha value is -2.64. The van der Waals surface area contributed by atoms with Gasteiger partial charge >= 0.3 is 6.18 Å². The second-order valence-electron chi connectivity index (χ2n) is 6.65. The molecule has 1 fully saturated rings. The average molecular weight is 378 g/mol. The number of carbonyl (C=O) groups excluding carboxylic acids is 1. The molecule has 1 aliphatic carbocycles. The Balaban J connectivity index is 1.58. The summed E-state index contributed by atoms with van der Waals surface area (Å²) >= 11 is 0. The summed E-state index contributed by atoms with van der Waals surface area (Å²) in [7, 11) is 0. The molecule has 0 unspecified atom stereocenters. The Labute approximate surface area is 155 Å². The number of carbonyl (C=O) groups is 1. The van der Waals surface area contributed by atoms with Gasteiger partial charge in [0.05, 0.1) is 18.0 Å². The van der Waals surface area contributed by atoms with Crippen molar-refractivity contribution >= 4 is 17.4 Å². The Morgan fingerprint density at radius 2 is 1.63 bits per heavy atom. The van der Waals surface area contributed by atoms with Gasteiger partial charge in [-0.05, 0) is 37.1 Å². The number of benzene rings is 1. The standard InChI is InChI=1S/C19H21F3N4O/c20-19(21,22)13-7-9-15(10-8-13)25-17-12-23-16(11-24-17)18(27)26-14-5-3-1-2-4-6-14/h7-12,14H,1-6H2,(H,24,25)(H,26,27). The van der Waals surface area contributed by atoms with Gasteiger partial charge in [0, 0.05) is 11.7 Å². The van der Waals surface area contributed by atoms with Gasteiger partial charge in [0.25, 0.3) is 5.91 Å². The monoisotopic (exact) mass is 378 g/mol. The van der Waals surface area contributed by atoms with Crippen molar-refractivity contribution in [2.45, 2.75) is 50.7 Å². The third-order valence-corrected chi connectivity index (χ3v) is 4.56. The van der Waals surface area contributed by atoms with Crippen LogP contribution in [-0.2, 0) is 6.18 Å². The van der Waals surface area contributed by atoms with Crippen LogP contribution >= 0.6 is 0 Å². The molecule has 27 heavy (non-hydrogen) atoms. The molecule has 0 atom stereocenters. The molecule has 0 aliphatic heterocycles. The lowest BCUT2D eigenvalue weighted by molar-refractivity contribution is -0.137. The molecule has 1 saturated carbocycles. The lowest BCUT2D eigenvalue weighted by Crippen LogP contribution is -2.34. The zero-order valence-electron chi connectivity index (χ0n) is 14.7. The summed E-state index contributed by atoms with van der Waals surface area (Å²) in [5.41, 5.74) is -0.0464. The second kappa shape index (κ2) is 8.37. The number of alkyl halides is 3. The number of nitrogens with zero attached hydrogens (tertiary/aromatic N) is 2. The van der Waals surface area contributed by atoms with Crippen LogP contribution in [0.15, 0.2) is 36.7 Å². The predicted molar refractivity (Wildman–Crippen MR) is 95.7 cm³/mol. The summed E-state index contributed by atoms with van der Waals surface area (Å²) in [6.45, 7) is 0. The maximum absolute atomic E-state index is 12.6. The SMILES string of the molecule is O=C(NC1CCCCCC1)c1cnc(Nc2ccc(C(F)(F)F)cc2)cn1. The minimum atomic E-state index is -4.37. The third-order valence-electron chi connectivity index (χ3n) is 4.56. The van der Waals surface area contributed by atoms with Gasteiger partial charge in [-0.3, -0.25) is 4.79 Å². The molecule has 3 rings (SSSR count). The van der Waals surface area contributed by atoms with Crippen molar-refractivity contribution in [1.82, 2.24) is 15.3 Å². The predicted octanol–water partition coefficient (Wildman–Crippen LogP) is 4.69. The van der Waals surface area contributed by atoms with Gasteiger partial charge in [-0.25, -0.2) is 9.97 Å². The summed E-state index contributed by atoms with van der Waals surface area (Å²) in [6, 6.07) is 4.79. The maximum atomic E-state index is 12.6. The van der Waals surface area contributed by atoms with Crippen LogP contribution in [0.2, 0.25) is 0 Å². The molecule has 0 saturated heterocycles. The van der Waals surface area contributed by atoms with Gasteiger partial charge in [0.15, 0.2) is 0 Å². The Morgan fingerprint density at radius 3 is 2.19 bits per heavy atom. The fraction of sp³-hybridized carbons (Fsp3) is 0.421. The van der Waals surface area contributed by atoms with Crippen molar-refractivity contribution in [2.24, 2.45) is 0 Å². The van der Waals surface area contributed by atoms with E-state index in [0.29, 0.717) is 11.5 Å².